The van der Waals surface area contributed by atoms with Crippen LogP contribution in [0.3, 0.4) is 0 Å². The van der Waals surface area contributed by atoms with Gasteiger partial charge in [0.05, 0.1) is 24.1 Å². The van der Waals surface area contributed by atoms with Crippen LogP contribution in [0.2, 0.25) is 0 Å². The van der Waals surface area contributed by atoms with E-state index in [2.05, 4.69) is 5.10 Å². The van der Waals surface area contributed by atoms with Gasteiger partial charge in [-0.3, -0.25) is 4.68 Å². The normalized spacial score (nSPS) is 15.1. The third-order valence-corrected chi connectivity index (χ3v) is 3.10. The van der Waals surface area contributed by atoms with Crippen LogP contribution in [0.5, 0.6) is 0 Å². The van der Waals surface area contributed by atoms with Gasteiger partial charge in [0.2, 0.25) is 0 Å². The topological polar surface area (TPSA) is 43.8 Å². The van der Waals surface area contributed by atoms with Crippen molar-refractivity contribution in [2.75, 3.05) is 5.73 Å². The highest BCUT2D eigenvalue weighted by Crippen LogP contribution is 2.42. The fourth-order valence-electron chi connectivity index (χ4n) is 2.15. The molecule has 2 aromatic rings. The highest BCUT2D eigenvalue weighted by atomic mass is 19.1. The van der Waals surface area contributed by atoms with Crippen molar-refractivity contribution >= 4 is 5.69 Å². The second kappa shape index (κ2) is 3.87. The molecule has 0 spiro atoms. The van der Waals surface area contributed by atoms with Gasteiger partial charge in [0.25, 0.3) is 0 Å². The maximum atomic E-state index is 13.1. The lowest BCUT2D eigenvalue weighted by Gasteiger charge is -2.07. The number of nitrogen functional groups attached to an aromatic ring is 1. The standard InChI is InChI=1S/C13H14FN3/c14-11-3-1-2-9(6-11)8-17-13(10-4-5-10)12(15)7-16-17/h1-3,6-7,10H,4-5,8,15H2. The van der Waals surface area contributed by atoms with Gasteiger partial charge in [-0.2, -0.15) is 5.10 Å². The monoisotopic (exact) mass is 231 g/mol. The highest BCUT2D eigenvalue weighted by Gasteiger charge is 2.29. The quantitative estimate of drug-likeness (QED) is 0.882. The third-order valence-electron chi connectivity index (χ3n) is 3.10. The first-order chi connectivity index (χ1) is 8.24. The van der Waals surface area contributed by atoms with Crippen LogP contribution in [0.1, 0.15) is 30.0 Å². The lowest BCUT2D eigenvalue weighted by molar-refractivity contribution is 0.613. The zero-order valence-electron chi connectivity index (χ0n) is 9.44. The van der Waals surface area contributed by atoms with Gasteiger partial charge < -0.3 is 5.73 Å². The van der Waals surface area contributed by atoms with Gasteiger partial charge in [-0.15, -0.1) is 0 Å². The van der Waals surface area contributed by atoms with Crippen molar-refractivity contribution in [3.8, 4) is 0 Å². The number of aromatic nitrogens is 2. The lowest BCUT2D eigenvalue weighted by atomic mass is 10.2. The maximum Gasteiger partial charge on any atom is 0.123 e. The third kappa shape index (κ3) is 2.02. The first kappa shape index (κ1) is 10.3. The van der Waals surface area contributed by atoms with Crippen molar-refractivity contribution in [2.45, 2.75) is 25.3 Å². The average molecular weight is 231 g/mol. The molecule has 0 radical (unpaired) electrons. The highest BCUT2D eigenvalue weighted by molar-refractivity contribution is 5.45. The van der Waals surface area contributed by atoms with Gasteiger partial charge in [-0.05, 0) is 30.5 Å². The molecule has 1 saturated carbocycles. The molecule has 1 aliphatic rings. The summed E-state index contributed by atoms with van der Waals surface area (Å²) in [6.45, 7) is 0.584. The molecule has 0 unspecified atom stereocenters. The second-order valence-electron chi connectivity index (χ2n) is 4.55. The molecule has 88 valence electrons. The molecule has 3 rings (SSSR count). The van der Waals surface area contributed by atoms with Crippen LogP contribution in [0, 0.1) is 5.82 Å². The number of anilines is 1. The summed E-state index contributed by atoms with van der Waals surface area (Å²) in [5, 5.41) is 4.27. The van der Waals surface area contributed by atoms with Crippen LogP contribution < -0.4 is 5.73 Å². The van der Waals surface area contributed by atoms with Gasteiger partial charge >= 0.3 is 0 Å². The number of benzene rings is 1. The molecule has 1 heterocycles. The Labute approximate surface area is 99.1 Å². The Morgan fingerprint density at radius 2 is 2.24 bits per heavy atom. The molecular formula is C13H14FN3. The van der Waals surface area contributed by atoms with E-state index in [9.17, 15) is 4.39 Å². The molecule has 1 aliphatic carbocycles. The van der Waals surface area contributed by atoms with E-state index in [0.29, 0.717) is 12.5 Å². The minimum absolute atomic E-state index is 0.212. The molecule has 1 aromatic carbocycles. The Morgan fingerprint density at radius 3 is 2.94 bits per heavy atom. The zero-order valence-corrected chi connectivity index (χ0v) is 9.44. The first-order valence-corrected chi connectivity index (χ1v) is 5.79. The molecule has 17 heavy (non-hydrogen) atoms. The molecule has 0 bridgehead atoms. The predicted octanol–water partition coefficient (Wildman–Crippen LogP) is 2.53. The SMILES string of the molecule is Nc1cnn(Cc2cccc(F)c2)c1C1CC1. The maximum absolute atomic E-state index is 13.1. The molecule has 1 aromatic heterocycles. The van der Waals surface area contributed by atoms with E-state index in [1.165, 1.54) is 25.0 Å². The van der Waals surface area contributed by atoms with Crippen molar-refractivity contribution in [1.82, 2.24) is 9.78 Å². The molecule has 4 heteroatoms. The van der Waals surface area contributed by atoms with Gasteiger partial charge in [-0.1, -0.05) is 12.1 Å². The number of nitrogens with two attached hydrogens (primary N) is 1. The predicted molar refractivity (Wildman–Crippen MR) is 64.1 cm³/mol. The molecule has 0 amide bonds. The lowest BCUT2D eigenvalue weighted by Crippen LogP contribution is -2.06. The first-order valence-electron chi connectivity index (χ1n) is 5.79. The van der Waals surface area contributed by atoms with E-state index >= 15 is 0 Å². The molecule has 0 saturated heterocycles. The van der Waals surface area contributed by atoms with E-state index in [0.717, 1.165) is 16.9 Å². The molecule has 0 atom stereocenters. The molecule has 1 fully saturated rings. The van der Waals surface area contributed by atoms with Crippen molar-refractivity contribution < 1.29 is 4.39 Å². The minimum atomic E-state index is -0.212. The van der Waals surface area contributed by atoms with E-state index in [1.807, 2.05) is 10.7 Å². The van der Waals surface area contributed by atoms with E-state index in [1.54, 1.807) is 12.3 Å². The number of rotatable bonds is 3. The van der Waals surface area contributed by atoms with E-state index in [-0.39, 0.29) is 5.82 Å². The largest absolute Gasteiger partial charge is 0.396 e. The minimum Gasteiger partial charge on any atom is -0.396 e. The number of halogens is 1. The van der Waals surface area contributed by atoms with Gasteiger partial charge in [0.1, 0.15) is 5.82 Å². The number of hydrogen-bond donors (Lipinski definition) is 1. The average Bonchev–Trinajstić information content (AvgIpc) is 3.05. The van der Waals surface area contributed by atoms with Crippen molar-refractivity contribution in [3.63, 3.8) is 0 Å². The summed E-state index contributed by atoms with van der Waals surface area (Å²) in [5.41, 5.74) is 8.68. The summed E-state index contributed by atoms with van der Waals surface area (Å²) in [6.07, 6.45) is 4.05. The fourth-order valence-corrected chi connectivity index (χ4v) is 2.15. The number of nitrogens with zero attached hydrogens (tertiary/aromatic N) is 2. The van der Waals surface area contributed by atoms with Crippen LogP contribution in [-0.2, 0) is 6.54 Å². The Balaban J connectivity index is 1.90. The van der Waals surface area contributed by atoms with Crippen LogP contribution in [0.4, 0.5) is 10.1 Å². The van der Waals surface area contributed by atoms with Crippen molar-refractivity contribution in [1.29, 1.82) is 0 Å². The Morgan fingerprint density at radius 1 is 1.41 bits per heavy atom. The summed E-state index contributed by atoms with van der Waals surface area (Å²) >= 11 is 0. The van der Waals surface area contributed by atoms with Gasteiger partial charge in [0, 0.05) is 5.92 Å². The smallest absolute Gasteiger partial charge is 0.123 e. The van der Waals surface area contributed by atoms with Crippen molar-refractivity contribution in [3.05, 3.63) is 47.5 Å². The summed E-state index contributed by atoms with van der Waals surface area (Å²) in [6, 6.07) is 6.60. The van der Waals surface area contributed by atoms with E-state index in [4.69, 9.17) is 5.73 Å². The summed E-state index contributed by atoms with van der Waals surface area (Å²) < 4.78 is 15.0. The summed E-state index contributed by atoms with van der Waals surface area (Å²) in [7, 11) is 0. The van der Waals surface area contributed by atoms with Crippen LogP contribution >= 0.6 is 0 Å². The molecular weight excluding hydrogens is 217 g/mol. The Hall–Kier alpha value is -1.84. The summed E-state index contributed by atoms with van der Waals surface area (Å²) in [5.74, 6) is 0.335. The molecule has 2 N–H and O–H groups in total. The van der Waals surface area contributed by atoms with E-state index < -0.39 is 0 Å². The van der Waals surface area contributed by atoms with Crippen molar-refractivity contribution in [2.24, 2.45) is 0 Å². The van der Waals surface area contributed by atoms with Crippen LogP contribution in [-0.4, -0.2) is 9.78 Å². The van der Waals surface area contributed by atoms with Gasteiger partial charge in [-0.25, -0.2) is 4.39 Å². The second-order valence-corrected chi connectivity index (χ2v) is 4.55. The van der Waals surface area contributed by atoms with Gasteiger partial charge in [0.15, 0.2) is 0 Å². The van der Waals surface area contributed by atoms with Crippen LogP contribution in [0.15, 0.2) is 30.5 Å². The Kier molecular flexibility index (Phi) is 2.35. The zero-order chi connectivity index (χ0) is 11.8. The molecule has 3 nitrogen and oxygen atoms in total. The fraction of sp³-hybridized carbons (Fsp3) is 0.308. The molecule has 0 aliphatic heterocycles. The Bertz CT molecular complexity index is 543. The summed E-state index contributed by atoms with van der Waals surface area (Å²) in [4.78, 5) is 0. The number of hydrogen-bond acceptors (Lipinski definition) is 2. The van der Waals surface area contributed by atoms with Crippen LogP contribution in [0.25, 0.3) is 0 Å².